The van der Waals surface area contributed by atoms with Crippen molar-refractivity contribution in [2.45, 2.75) is 98.7 Å². The van der Waals surface area contributed by atoms with Gasteiger partial charge in [0.05, 0.1) is 12.0 Å². The van der Waals surface area contributed by atoms with Crippen molar-refractivity contribution >= 4 is 22.9 Å². The highest BCUT2D eigenvalue weighted by atomic mass is 16.6. The highest BCUT2D eigenvalue weighted by Gasteiger charge is 2.41. The van der Waals surface area contributed by atoms with Gasteiger partial charge in [0.1, 0.15) is 24.1 Å². The summed E-state index contributed by atoms with van der Waals surface area (Å²) >= 11 is 0. The van der Waals surface area contributed by atoms with E-state index in [2.05, 4.69) is 50.8 Å². The minimum absolute atomic E-state index is 0.0633. The van der Waals surface area contributed by atoms with E-state index in [1.807, 2.05) is 80.6 Å². The molecule has 0 amide bonds. The Labute approximate surface area is 321 Å². The molecule has 3 fully saturated rings. The molecular weight excluding hydrogens is 673 g/mol. The van der Waals surface area contributed by atoms with Crippen LogP contribution in [-0.2, 0) is 36.8 Å². The average molecular weight is 729 g/mol. The van der Waals surface area contributed by atoms with Crippen molar-refractivity contribution in [1.29, 1.82) is 0 Å². The molecule has 6 nitrogen and oxygen atoms in total. The van der Waals surface area contributed by atoms with E-state index in [-0.39, 0.29) is 24.0 Å². The van der Waals surface area contributed by atoms with Crippen molar-refractivity contribution in [3.8, 4) is 11.8 Å². The van der Waals surface area contributed by atoms with Gasteiger partial charge in [-0.05, 0) is 124 Å². The number of hydrogen-bond donors (Lipinski definition) is 0. The van der Waals surface area contributed by atoms with E-state index in [0.717, 1.165) is 51.8 Å². The molecule has 4 aromatic rings. The van der Waals surface area contributed by atoms with Gasteiger partial charge in [0, 0.05) is 42.0 Å². The monoisotopic (exact) mass is 728 g/mol. The van der Waals surface area contributed by atoms with Crippen LogP contribution < -0.4 is 0 Å². The molecule has 0 radical (unpaired) electrons. The minimum Gasteiger partial charge on any atom is -0.461 e. The van der Waals surface area contributed by atoms with E-state index in [1.54, 1.807) is 7.11 Å². The van der Waals surface area contributed by atoms with Gasteiger partial charge in [-0.1, -0.05) is 79.8 Å². The maximum absolute atomic E-state index is 13.2. The third-order valence-corrected chi connectivity index (χ3v) is 11.2. The van der Waals surface area contributed by atoms with Crippen molar-refractivity contribution in [3.05, 3.63) is 119 Å². The largest absolute Gasteiger partial charge is 0.461 e. The van der Waals surface area contributed by atoms with E-state index in [9.17, 15) is 9.59 Å². The van der Waals surface area contributed by atoms with Crippen LogP contribution in [0.15, 0.2) is 94.9 Å². The first kappa shape index (κ1) is 39.1. The number of carbonyl (C=O) groups is 2. The van der Waals surface area contributed by atoms with Crippen molar-refractivity contribution in [3.63, 3.8) is 0 Å². The summed E-state index contributed by atoms with van der Waals surface area (Å²) in [5.41, 5.74) is 5.23. The predicted molar refractivity (Wildman–Crippen MR) is 214 cm³/mol. The molecule has 6 heteroatoms. The van der Waals surface area contributed by atoms with E-state index in [4.69, 9.17) is 18.6 Å². The van der Waals surface area contributed by atoms with Crippen LogP contribution >= 0.6 is 0 Å². The Bertz CT molecular complexity index is 1970. The lowest BCUT2D eigenvalue weighted by molar-refractivity contribution is -0.160. The Kier molecular flexibility index (Phi) is 12.5. The molecule has 2 heterocycles. The summed E-state index contributed by atoms with van der Waals surface area (Å²) in [4.78, 5) is 25.8. The molecule has 284 valence electrons. The van der Waals surface area contributed by atoms with Crippen LogP contribution in [0.3, 0.4) is 0 Å². The number of fused-ring (bicyclic) bond motifs is 3. The number of cyclic esters (lactones) is 1. The zero-order valence-electron chi connectivity index (χ0n) is 32.9. The van der Waals surface area contributed by atoms with Gasteiger partial charge in [-0.25, -0.2) is 4.79 Å². The number of carbonyl (C=O) groups excluding carboxylic acids is 2. The molecule has 0 spiro atoms. The lowest BCUT2D eigenvalue weighted by atomic mass is 9.58. The molecule has 1 aliphatic heterocycles. The van der Waals surface area contributed by atoms with Gasteiger partial charge in [0.25, 0.3) is 0 Å². The second-order valence-corrected chi connectivity index (χ2v) is 17.1. The maximum atomic E-state index is 13.2. The molecule has 0 N–H and O–H groups in total. The molecule has 54 heavy (non-hydrogen) atoms. The van der Waals surface area contributed by atoms with Gasteiger partial charge in [-0.3, -0.25) is 4.79 Å². The van der Waals surface area contributed by atoms with Gasteiger partial charge in [0.15, 0.2) is 0 Å². The summed E-state index contributed by atoms with van der Waals surface area (Å²) in [7, 11) is 1.70. The van der Waals surface area contributed by atoms with Crippen molar-refractivity contribution in [1.82, 2.24) is 0 Å². The van der Waals surface area contributed by atoms with E-state index in [1.165, 1.54) is 43.2 Å². The van der Waals surface area contributed by atoms with Crippen LogP contribution in [0.25, 0.3) is 11.0 Å². The molecule has 3 aliphatic rings. The Morgan fingerprint density at radius 2 is 1.63 bits per heavy atom. The molecule has 1 aromatic heterocycles. The maximum Gasteiger partial charge on any atom is 0.334 e. The zero-order chi connectivity index (χ0) is 38.3. The lowest BCUT2D eigenvalue weighted by Gasteiger charge is -2.47. The molecule has 2 saturated carbocycles. The summed E-state index contributed by atoms with van der Waals surface area (Å²) in [5.74, 6) is 9.03. The van der Waals surface area contributed by atoms with Crippen LogP contribution in [-0.4, -0.2) is 31.8 Å². The minimum atomic E-state index is -0.811. The number of methoxy groups -OCH3 is 1. The highest BCUT2D eigenvalue weighted by Crippen LogP contribution is 2.52. The lowest BCUT2D eigenvalue weighted by Crippen LogP contribution is -2.35. The quantitative estimate of drug-likeness (QED) is 0.0970. The normalized spacial score (nSPS) is 24.3. The number of furan rings is 1. The first-order chi connectivity index (χ1) is 25.9. The Morgan fingerprint density at radius 3 is 2.33 bits per heavy atom. The number of esters is 2. The van der Waals surface area contributed by atoms with Crippen LogP contribution in [0, 0.1) is 47.3 Å². The fourth-order valence-corrected chi connectivity index (χ4v) is 8.76. The summed E-state index contributed by atoms with van der Waals surface area (Å²) < 4.78 is 22.3. The van der Waals surface area contributed by atoms with Crippen molar-refractivity contribution in [2.24, 2.45) is 28.6 Å². The first-order valence-corrected chi connectivity index (χ1v) is 19.6. The molecule has 1 saturated heterocycles. The first-order valence-electron chi connectivity index (χ1n) is 19.6. The average Bonchev–Trinajstić information content (AvgIpc) is 3.70. The van der Waals surface area contributed by atoms with Crippen molar-refractivity contribution in [2.75, 3.05) is 13.7 Å². The molecule has 3 unspecified atom stereocenters. The topological polar surface area (TPSA) is 75.0 Å². The van der Waals surface area contributed by atoms with E-state index >= 15 is 0 Å². The van der Waals surface area contributed by atoms with E-state index in [0.29, 0.717) is 25.2 Å². The number of aryl methyl sites for hydroxylation is 1. The summed E-state index contributed by atoms with van der Waals surface area (Å²) in [6.07, 6.45) is 10.0. The van der Waals surface area contributed by atoms with Gasteiger partial charge < -0.3 is 18.6 Å². The fourth-order valence-electron chi connectivity index (χ4n) is 8.76. The van der Waals surface area contributed by atoms with Crippen LogP contribution in [0.5, 0.6) is 0 Å². The smallest absolute Gasteiger partial charge is 0.334 e. The number of allylic oxidation sites excluding steroid dienone is 1. The molecular formula is C48H56O6. The number of benzene rings is 3. The number of ether oxygens (including phenoxy) is 3. The highest BCUT2D eigenvalue weighted by molar-refractivity contribution is 5.90. The van der Waals surface area contributed by atoms with Gasteiger partial charge >= 0.3 is 11.9 Å². The molecule has 2 aliphatic carbocycles. The van der Waals surface area contributed by atoms with Crippen LogP contribution in [0.2, 0.25) is 0 Å². The fraction of sp³-hybridized carbons (Fsp3) is 0.458. The number of rotatable bonds is 9. The van der Waals surface area contributed by atoms with Gasteiger partial charge in [0.2, 0.25) is 0 Å². The summed E-state index contributed by atoms with van der Waals surface area (Å²) in [6, 6.07) is 26.1. The zero-order valence-corrected chi connectivity index (χ0v) is 32.9. The molecule has 2 bridgehead atoms. The predicted octanol–water partition coefficient (Wildman–Crippen LogP) is 10.6. The van der Waals surface area contributed by atoms with Crippen LogP contribution in [0.1, 0.15) is 101 Å². The van der Waals surface area contributed by atoms with Gasteiger partial charge in [-0.15, -0.1) is 0 Å². The molecule has 3 atom stereocenters. The third-order valence-electron chi connectivity index (χ3n) is 11.2. The van der Waals surface area contributed by atoms with Crippen molar-refractivity contribution < 1.29 is 28.2 Å². The standard InChI is InChI=1S/C40H46O5.C8H10O/c1-26-6-8-28(9-7-26)10-11-29-12-13-36-33(19-29)21-34(44-36)24-39(3,4)38(42)43-25-35-20-32(37(41)45-35)14-15-40(5)22-30-16-27(2)17-31(18-30)23-40;1-9-7-8-5-3-2-4-6-8/h6-9,12-14,19,21,27,30-31,35H,15-18,20,22-25H2,1-5H3;2-6H,7H2,1H3/b32-14+;. The van der Waals surface area contributed by atoms with Gasteiger partial charge in [-0.2, -0.15) is 0 Å². The molecule has 7 rings (SSSR count). The number of hydrogen-bond acceptors (Lipinski definition) is 6. The molecule has 3 aromatic carbocycles. The Balaban J connectivity index is 0.000000485. The van der Waals surface area contributed by atoms with E-state index < -0.39 is 11.5 Å². The Hall–Kier alpha value is -4.60. The second kappa shape index (κ2) is 17.2. The van der Waals surface area contributed by atoms with Crippen LogP contribution in [0.4, 0.5) is 0 Å². The summed E-state index contributed by atoms with van der Waals surface area (Å²) in [6.45, 7) is 11.3. The summed E-state index contributed by atoms with van der Waals surface area (Å²) in [5, 5.41) is 0.946. The SMILES string of the molecule is COCc1ccccc1.Cc1ccc(C#Cc2ccc3oc(CC(C)(C)C(=O)OCC4C/C(=C\CC5(C)CC6CC(C)CC(C6)C5)C(=O)O4)cc3c2)cc1. The third kappa shape index (κ3) is 10.5. The Morgan fingerprint density at radius 1 is 0.944 bits per heavy atom. The second-order valence-electron chi connectivity index (χ2n) is 17.1.